The third-order valence-corrected chi connectivity index (χ3v) is 4.60. The Balaban J connectivity index is 1.97. The van der Waals surface area contributed by atoms with E-state index in [2.05, 4.69) is 6.58 Å². The van der Waals surface area contributed by atoms with Crippen LogP contribution in [-0.4, -0.2) is 20.1 Å². The summed E-state index contributed by atoms with van der Waals surface area (Å²) < 4.78 is 29.1. The molecule has 2 aromatic carbocycles. The van der Waals surface area contributed by atoms with Gasteiger partial charge in [-0.25, -0.2) is 8.42 Å². The number of sulfone groups is 1. The summed E-state index contributed by atoms with van der Waals surface area (Å²) in [5.41, 5.74) is 1.69. The number of carbonyl (C=O) groups excluding carboxylic acids is 1. The van der Waals surface area contributed by atoms with Gasteiger partial charge in [0, 0.05) is 0 Å². The second kappa shape index (κ2) is 7.04. The smallest absolute Gasteiger partial charge is 0.321 e. The fourth-order valence-corrected chi connectivity index (χ4v) is 3.01. The number of carbonyl (C=O) groups is 1. The molecule has 0 aliphatic rings. The van der Waals surface area contributed by atoms with Gasteiger partial charge in [0.1, 0.15) is 6.61 Å². The molecule has 5 heteroatoms. The predicted octanol–water partition coefficient (Wildman–Crippen LogP) is 2.85. The van der Waals surface area contributed by atoms with Crippen LogP contribution in [0.3, 0.4) is 0 Å². The maximum absolute atomic E-state index is 12.0. The summed E-state index contributed by atoms with van der Waals surface area (Å²) in [6.07, 6.45) is 1.69. The number of ether oxygens (including phenoxy) is 1. The minimum absolute atomic E-state index is 0.0326. The lowest BCUT2D eigenvalue weighted by Gasteiger charge is -2.07. The first kappa shape index (κ1) is 16.0. The largest absolute Gasteiger partial charge is 0.460 e. The average molecular weight is 316 g/mol. The van der Waals surface area contributed by atoms with Crippen molar-refractivity contribution in [3.63, 3.8) is 0 Å². The van der Waals surface area contributed by atoms with Crippen molar-refractivity contribution in [2.45, 2.75) is 11.5 Å². The molecular formula is C17H16O4S. The molecule has 114 valence electrons. The molecule has 0 unspecified atom stereocenters. The Kier molecular flexibility index (Phi) is 5.12. The third kappa shape index (κ3) is 4.30. The first-order valence-electron chi connectivity index (χ1n) is 6.66. The minimum atomic E-state index is -3.67. The minimum Gasteiger partial charge on any atom is -0.460 e. The number of esters is 1. The van der Waals surface area contributed by atoms with Gasteiger partial charge in [-0.15, -0.1) is 0 Å². The maximum Gasteiger partial charge on any atom is 0.321 e. The number of benzene rings is 2. The van der Waals surface area contributed by atoms with E-state index in [4.69, 9.17) is 4.74 Å². The normalized spacial score (nSPS) is 10.9. The number of rotatable bonds is 6. The zero-order valence-electron chi connectivity index (χ0n) is 11.9. The van der Waals surface area contributed by atoms with Crippen LogP contribution in [0.2, 0.25) is 0 Å². The van der Waals surface area contributed by atoms with Crippen molar-refractivity contribution in [1.29, 1.82) is 0 Å². The van der Waals surface area contributed by atoms with Crippen molar-refractivity contribution in [2.75, 3.05) is 5.75 Å². The van der Waals surface area contributed by atoms with Crippen LogP contribution >= 0.6 is 0 Å². The van der Waals surface area contributed by atoms with Crippen molar-refractivity contribution in [3.8, 4) is 0 Å². The Morgan fingerprint density at radius 2 is 1.82 bits per heavy atom. The van der Waals surface area contributed by atoms with E-state index in [1.807, 2.05) is 18.2 Å². The molecule has 2 rings (SSSR count). The van der Waals surface area contributed by atoms with Crippen molar-refractivity contribution < 1.29 is 17.9 Å². The Bertz CT molecular complexity index is 764. The van der Waals surface area contributed by atoms with E-state index < -0.39 is 21.6 Å². The molecule has 0 bridgehead atoms. The second-order valence-corrected chi connectivity index (χ2v) is 6.67. The maximum atomic E-state index is 12.0. The molecule has 22 heavy (non-hydrogen) atoms. The van der Waals surface area contributed by atoms with Crippen molar-refractivity contribution in [1.82, 2.24) is 0 Å². The first-order chi connectivity index (χ1) is 10.5. The van der Waals surface area contributed by atoms with Gasteiger partial charge in [0.05, 0.1) is 4.90 Å². The van der Waals surface area contributed by atoms with Gasteiger partial charge in [-0.1, -0.05) is 49.1 Å². The molecule has 0 fully saturated rings. The topological polar surface area (TPSA) is 60.4 Å². The second-order valence-electron chi connectivity index (χ2n) is 4.68. The Morgan fingerprint density at radius 1 is 1.09 bits per heavy atom. The molecule has 0 aliphatic heterocycles. The van der Waals surface area contributed by atoms with Gasteiger partial charge < -0.3 is 4.74 Å². The van der Waals surface area contributed by atoms with Crippen molar-refractivity contribution in [2.24, 2.45) is 0 Å². The van der Waals surface area contributed by atoms with Crippen molar-refractivity contribution >= 4 is 21.9 Å². The lowest BCUT2D eigenvalue weighted by molar-refractivity contribution is -0.141. The molecule has 0 amide bonds. The van der Waals surface area contributed by atoms with Crippen LogP contribution in [0.5, 0.6) is 0 Å². The fraction of sp³-hybridized carbons (Fsp3) is 0.118. The van der Waals surface area contributed by atoms with Gasteiger partial charge in [0.2, 0.25) is 0 Å². The summed E-state index contributed by atoms with van der Waals surface area (Å²) in [5, 5.41) is 0. The van der Waals surface area contributed by atoms with Crippen LogP contribution in [0.1, 0.15) is 11.1 Å². The van der Waals surface area contributed by atoms with Crippen LogP contribution in [0, 0.1) is 0 Å². The molecule has 0 spiro atoms. The summed E-state index contributed by atoms with van der Waals surface area (Å²) in [6.45, 7) is 3.69. The molecule has 0 N–H and O–H groups in total. The SMILES string of the molecule is C=Cc1cccc(COC(=O)CS(=O)(=O)c2ccccc2)c1. The zero-order chi connectivity index (χ0) is 16.0. The lowest BCUT2D eigenvalue weighted by atomic mass is 10.1. The highest BCUT2D eigenvalue weighted by Gasteiger charge is 2.20. The monoisotopic (exact) mass is 316 g/mol. The highest BCUT2D eigenvalue weighted by molar-refractivity contribution is 7.92. The van der Waals surface area contributed by atoms with Gasteiger partial charge in [-0.2, -0.15) is 0 Å². The number of hydrogen-bond donors (Lipinski definition) is 0. The quantitative estimate of drug-likeness (QED) is 0.769. The van der Waals surface area contributed by atoms with E-state index >= 15 is 0 Å². The van der Waals surface area contributed by atoms with Crippen LogP contribution in [-0.2, 0) is 26.0 Å². The summed E-state index contributed by atoms with van der Waals surface area (Å²) in [7, 11) is -3.67. The van der Waals surface area contributed by atoms with Crippen LogP contribution in [0.25, 0.3) is 6.08 Å². The molecule has 2 aromatic rings. The Hall–Kier alpha value is -2.40. The average Bonchev–Trinajstić information content (AvgIpc) is 2.53. The first-order valence-corrected chi connectivity index (χ1v) is 8.31. The standard InChI is InChI=1S/C17H16O4S/c1-2-14-7-6-8-15(11-14)12-21-17(18)13-22(19,20)16-9-4-3-5-10-16/h2-11H,1,12-13H2. The van der Waals surface area contributed by atoms with E-state index in [1.165, 1.54) is 12.1 Å². The van der Waals surface area contributed by atoms with Gasteiger partial charge in [0.15, 0.2) is 15.6 Å². The fourth-order valence-electron chi connectivity index (χ4n) is 1.88. The van der Waals surface area contributed by atoms with Crippen LogP contribution in [0.4, 0.5) is 0 Å². The zero-order valence-corrected chi connectivity index (χ0v) is 12.8. The third-order valence-electron chi connectivity index (χ3n) is 3.00. The molecular weight excluding hydrogens is 300 g/mol. The van der Waals surface area contributed by atoms with Gasteiger partial charge in [-0.05, 0) is 29.3 Å². The lowest BCUT2D eigenvalue weighted by Crippen LogP contribution is -2.18. The summed E-state index contributed by atoms with van der Waals surface area (Å²) in [4.78, 5) is 11.8. The Morgan fingerprint density at radius 3 is 2.50 bits per heavy atom. The Labute approximate surface area is 130 Å². The summed E-state index contributed by atoms with van der Waals surface area (Å²) in [5.74, 6) is -1.44. The molecule has 4 nitrogen and oxygen atoms in total. The number of hydrogen-bond acceptors (Lipinski definition) is 4. The van der Waals surface area contributed by atoms with Crippen LogP contribution in [0.15, 0.2) is 66.1 Å². The van der Waals surface area contributed by atoms with Gasteiger partial charge in [-0.3, -0.25) is 4.79 Å². The van der Waals surface area contributed by atoms with Crippen LogP contribution < -0.4 is 0 Å². The molecule has 0 saturated carbocycles. The van der Waals surface area contributed by atoms with Gasteiger partial charge in [0.25, 0.3) is 0 Å². The van der Waals surface area contributed by atoms with Crippen molar-refractivity contribution in [3.05, 3.63) is 72.3 Å². The van der Waals surface area contributed by atoms with E-state index in [9.17, 15) is 13.2 Å². The highest BCUT2D eigenvalue weighted by atomic mass is 32.2. The van der Waals surface area contributed by atoms with E-state index in [0.29, 0.717) is 0 Å². The molecule has 0 radical (unpaired) electrons. The highest BCUT2D eigenvalue weighted by Crippen LogP contribution is 2.12. The van der Waals surface area contributed by atoms with Gasteiger partial charge >= 0.3 is 5.97 Å². The molecule has 0 atom stereocenters. The van der Waals surface area contributed by atoms with E-state index in [0.717, 1.165) is 11.1 Å². The summed E-state index contributed by atoms with van der Waals surface area (Å²) >= 11 is 0. The van der Waals surface area contributed by atoms with E-state index in [1.54, 1.807) is 30.3 Å². The predicted molar refractivity (Wildman–Crippen MR) is 84.8 cm³/mol. The summed E-state index contributed by atoms with van der Waals surface area (Å²) in [6, 6.07) is 15.2. The molecule has 0 saturated heterocycles. The molecule has 0 aliphatic carbocycles. The van der Waals surface area contributed by atoms with E-state index in [-0.39, 0.29) is 11.5 Å². The molecule has 0 heterocycles. The molecule has 0 aromatic heterocycles.